The van der Waals surface area contributed by atoms with Crippen molar-refractivity contribution in [2.45, 2.75) is 39.8 Å². The molecule has 8 aromatic rings. The van der Waals surface area contributed by atoms with Crippen LogP contribution in [0.5, 0.6) is 0 Å². The normalized spacial score (nSPS) is 16.0. The van der Waals surface area contributed by atoms with E-state index in [1.807, 2.05) is 44.4 Å². The van der Waals surface area contributed by atoms with Gasteiger partial charge in [0.15, 0.2) is 11.3 Å². The number of benzene rings is 2. The number of nitrogens with zero attached hydrogens (tertiary/aromatic N) is 8. The third-order valence-electron chi connectivity index (χ3n) is 11.5. The molecule has 11 rings (SSSR count). The van der Waals surface area contributed by atoms with Gasteiger partial charge in [-0.2, -0.15) is 0 Å². The lowest BCUT2D eigenvalue weighted by molar-refractivity contribution is 0.149. The molecule has 0 unspecified atom stereocenters. The van der Waals surface area contributed by atoms with Crippen LogP contribution in [0.2, 0.25) is 0 Å². The molecule has 302 valence electrons. The van der Waals surface area contributed by atoms with Crippen molar-refractivity contribution in [3.8, 4) is 0 Å². The summed E-state index contributed by atoms with van der Waals surface area (Å²) in [5, 5.41) is 16.0. The number of anilines is 4. The van der Waals surface area contributed by atoms with Gasteiger partial charge < -0.3 is 41.0 Å². The van der Waals surface area contributed by atoms with Crippen molar-refractivity contribution in [2.75, 3.05) is 72.8 Å². The SMILES string of the molecule is CC.c1cc2ccc(CNc3cnc4ccc(N5CC6(CCNCC6)C5)nc4n3)cc2[nH]1.c1cc2ccc(CNc3cnc4ccc(N5CCNCC5)nc4n3)cc2[nH]1. The number of piperidine rings is 1. The van der Waals surface area contributed by atoms with Crippen LogP contribution in [0.1, 0.15) is 37.8 Å². The standard InChI is InChI=1S/C23H25N7.C20H21N7.C2H6/c1-2-17-5-8-25-19(17)11-16(1)12-27-20-13-26-18-3-4-21(29-22(18)28-20)30-14-23(15-30)6-9-24-10-7-23;1-2-15-5-6-22-17(15)11-14(1)12-24-18-13-23-16-3-4-19(26-20(16)25-18)27-9-7-21-8-10-27;1-2/h1-5,8,11,13,24-25H,6-7,9-10,12,14-15H2,(H,27,28,29);1-6,11,13,21-22H,7-10,12H2,(H,24,25,26);1-2H3. The van der Waals surface area contributed by atoms with Gasteiger partial charge >= 0.3 is 0 Å². The molecule has 6 aromatic heterocycles. The molecule has 59 heavy (non-hydrogen) atoms. The van der Waals surface area contributed by atoms with Gasteiger partial charge in [-0.05, 0) is 96.4 Å². The van der Waals surface area contributed by atoms with E-state index < -0.39 is 0 Å². The van der Waals surface area contributed by atoms with Gasteiger partial charge in [-0.3, -0.25) is 0 Å². The molecule has 3 saturated heterocycles. The predicted molar refractivity (Wildman–Crippen MR) is 239 cm³/mol. The maximum absolute atomic E-state index is 4.82. The summed E-state index contributed by atoms with van der Waals surface area (Å²) in [7, 11) is 0. The molecule has 0 amide bonds. The smallest absolute Gasteiger partial charge is 0.182 e. The molecule has 6 N–H and O–H groups in total. The molecular formula is C45H52N14. The van der Waals surface area contributed by atoms with E-state index in [9.17, 15) is 0 Å². The van der Waals surface area contributed by atoms with E-state index in [1.165, 1.54) is 34.7 Å². The third-order valence-corrected chi connectivity index (χ3v) is 11.5. The lowest BCUT2D eigenvalue weighted by atomic mass is 9.72. The van der Waals surface area contributed by atoms with Crippen molar-refractivity contribution in [3.05, 3.63) is 109 Å². The number of nitrogens with one attached hydrogen (secondary N) is 6. The van der Waals surface area contributed by atoms with Gasteiger partial charge in [0.05, 0.1) is 12.4 Å². The van der Waals surface area contributed by atoms with E-state index in [0.717, 1.165) is 97.7 Å². The van der Waals surface area contributed by atoms with Crippen LogP contribution in [-0.2, 0) is 13.1 Å². The van der Waals surface area contributed by atoms with E-state index >= 15 is 0 Å². The zero-order chi connectivity index (χ0) is 40.0. The topological polar surface area (TPSA) is 164 Å². The fraction of sp³-hybridized carbons (Fsp3) is 0.333. The Kier molecular flexibility index (Phi) is 11.1. The summed E-state index contributed by atoms with van der Waals surface area (Å²) in [5.41, 5.74) is 8.17. The molecule has 14 nitrogen and oxygen atoms in total. The minimum Gasteiger partial charge on any atom is -0.365 e. The van der Waals surface area contributed by atoms with E-state index in [2.05, 4.69) is 111 Å². The average molecular weight is 789 g/mol. The molecule has 0 atom stereocenters. The number of hydrogen-bond donors (Lipinski definition) is 6. The molecular weight excluding hydrogens is 737 g/mol. The van der Waals surface area contributed by atoms with Gasteiger partial charge in [-0.25, -0.2) is 29.9 Å². The highest BCUT2D eigenvalue weighted by Gasteiger charge is 2.43. The van der Waals surface area contributed by atoms with E-state index in [4.69, 9.17) is 15.0 Å². The summed E-state index contributed by atoms with van der Waals surface area (Å²) in [5.74, 6) is 3.46. The molecule has 0 saturated carbocycles. The van der Waals surface area contributed by atoms with Crippen molar-refractivity contribution in [3.63, 3.8) is 0 Å². The molecule has 1 spiro atoms. The van der Waals surface area contributed by atoms with Crippen molar-refractivity contribution < 1.29 is 0 Å². The summed E-state index contributed by atoms with van der Waals surface area (Å²) in [6.45, 7) is 13.7. The van der Waals surface area contributed by atoms with Crippen molar-refractivity contribution >= 4 is 67.4 Å². The Balaban J connectivity index is 0.000000147. The fourth-order valence-corrected chi connectivity index (χ4v) is 8.19. The monoisotopic (exact) mass is 788 g/mol. The van der Waals surface area contributed by atoms with Gasteiger partial charge in [0.1, 0.15) is 34.3 Å². The lowest BCUT2D eigenvalue weighted by Crippen LogP contribution is -2.60. The van der Waals surface area contributed by atoms with Crippen LogP contribution in [0, 0.1) is 5.41 Å². The van der Waals surface area contributed by atoms with Gasteiger partial charge in [-0.15, -0.1) is 0 Å². The summed E-state index contributed by atoms with van der Waals surface area (Å²) < 4.78 is 0. The first kappa shape index (κ1) is 38.2. The largest absolute Gasteiger partial charge is 0.365 e. The third kappa shape index (κ3) is 8.59. The van der Waals surface area contributed by atoms with Gasteiger partial charge in [0.2, 0.25) is 0 Å². The summed E-state index contributed by atoms with van der Waals surface area (Å²) >= 11 is 0. The minimum atomic E-state index is 0.483. The van der Waals surface area contributed by atoms with Crippen molar-refractivity contribution in [1.29, 1.82) is 0 Å². The Bertz CT molecular complexity index is 2650. The Morgan fingerprint density at radius 1 is 0.576 bits per heavy atom. The Morgan fingerprint density at radius 3 is 1.63 bits per heavy atom. The van der Waals surface area contributed by atoms with Crippen LogP contribution in [0.15, 0.2) is 97.6 Å². The van der Waals surface area contributed by atoms with Crippen molar-refractivity contribution in [2.24, 2.45) is 5.41 Å². The highest BCUT2D eigenvalue weighted by molar-refractivity contribution is 5.81. The first-order chi connectivity index (χ1) is 29.1. The fourth-order valence-electron chi connectivity index (χ4n) is 8.19. The molecule has 0 aliphatic carbocycles. The van der Waals surface area contributed by atoms with Crippen LogP contribution >= 0.6 is 0 Å². The zero-order valence-electron chi connectivity index (χ0n) is 33.8. The summed E-state index contributed by atoms with van der Waals surface area (Å²) in [6, 6.07) is 25.1. The molecule has 9 heterocycles. The maximum Gasteiger partial charge on any atom is 0.182 e. The molecule has 3 fully saturated rings. The Morgan fingerprint density at radius 2 is 1.08 bits per heavy atom. The maximum atomic E-state index is 4.82. The zero-order valence-corrected chi connectivity index (χ0v) is 33.8. The average Bonchev–Trinajstić information content (AvgIpc) is 3.97. The second kappa shape index (κ2) is 17.2. The van der Waals surface area contributed by atoms with Crippen LogP contribution in [-0.4, -0.2) is 92.2 Å². The number of fused-ring (bicyclic) bond motifs is 4. The molecule has 3 aliphatic rings. The molecule has 0 bridgehead atoms. The number of aromatic nitrogens is 8. The first-order valence-corrected chi connectivity index (χ1v) is 20.9. The molecule has 0 radical (unpaired) electrons. The number of hydrogen-bond acceptors (Lipinski definition) is 12. The molecule has 3 aliphatic heterocycles. The first-order valence-electron chi connectivity index (χ1n) is 20.9. The minimum absolute atomic E-state index is 0.483. The second-order valence-electron chi connectivity index (χ2n) is 15.4. The van der Waals surface area contributed by atoms with Crippen LogP contribution in [0.25, 0.3) is 44.1 Å². The Hall–Kier alpha value is -6.38. The number of aromatic amines is 2. The van der Waals surface area contributed by atoms with Crippen molar-refractivity contribution in [1.82, 2.24) is 50.5 Å². The number of piperazine rings is 1. The van der Waals surface area contributed by atoms with Crippen LogP contribution in [0.4, 0.5) is 23.3 Å². The van der Waals surface area contributed by atoms with E-state index in [0.29, 0.717) is 29.8 Å². The quantitative estimate of drug-likeness (QED) is 0.0950. The van der Waals surface area contributed by atoms with E-state index in [-0.39, 0.29) is 0 Å². The number of rotatable bonds is 8. The van der Waals surface area contributed by atoms with Crippen LogP contribution in [0.3, 0.4) is 0 Å². The van der Waals surface area contributed by atoms with Gasteiger partial charge in [0.25, 0.3) is 0 Å². The number of pyridine rings is 2. The summed E-state index contributed by atoms with van der Waals surface area (Å²) in [4.78, 5) is 39.1. The highest BCUT2D eigenvalue weighted by atomic mass is 15.3. The predicted octanol–water partition coefficient (Wildman–Crippen LogP) is 6.86. The molecule has 14 heteroatoms. The van der Waals surface area contributed by atoms with Crippen LogP contribution < -0.4 is 31.1 Å². The highest BCUT2D eigenvalue weighted by Crippen LogP contribution is 2.40. The lowest BCUT2D eigenvalue weighted by Gasteiger charge is -2.53. The second-order valence-corrected chi connectivity index (χ2v) is 15.4. The summed E-state index contributed by atoms with van der Waals surface area (Å²) in [6.07, 6.45) is 9.99. The van der Waals surface area contributed by atoms with Gasteiger partial charge in [-0.1, -0.05) is 38.1 Å². The van der Waals surface area contributed by atoms with E-state index in [1.54, 1.807) is 12.4 Å². The van der Waals surface area contributed by atoms with Gasteiger partial charge in [0, 0.05) is 81.2 Å². The molecule has 2 aromatic carbocycles. The number of H-pyrrole nitrogens is 2. The Labute approximate surface area is 343 Å².